The van der Waals surface area contributed by atoms with E-state index < -0.39 is 17.1 Å². The van der Waals surface area contributed by atoms with Gasteiger partial charge in [-0.3, -0.25) is 9.89 Å². The third kappa shape index (κ3) is 4.15. The molecule has 2 N–H and O–H groups in total. The van der Waals surface area contributed by atoms with Crippen molar-refractivity contribution < 1.29 is 9.53 Å². The third-order valence-corrected chi connectivity index (χ3v) is 6.74. The highest BCUT2D eigenvalue weighted by atomic mass is 35.5. The predicted octanol–water partition coefficient (Wildman–Crippen LogP) is 4.67. The molecule has 0 aliphatic rings. The van der Waals surface area contributed by atoms with E-state index >= 15 is 0 Å². The number of fused-ring (bicyclic) bond motifs is 1. The van der Waals surface area contributed by atoms with Crippen LogP contribution in [0.5, 0.6) is 5.75 Å². The van der Waals surface area contributed by atoms with Gasteiger partial charge in [-0.1, -0.05) is 50.1 Å². The van der Waals surface area contributed by atoms with Crippen molar-refractivity contribution in [3.63, 3.8) is 0 Å². The quantitative estimate of drug-likeness (QED) is 0.553. The summed E-state index contributed by atoms with van der Waals surface area (Å²) in [6, 6.07) is 5.95. The monoisotopic (exact) mass is 445 g/mol. The van der Waals surface area contributed by atoms with Crippen molar-refractivity contribution in [3.8, 4) is 5.75 Å². The van der Waals surface area contributed by atoms with E-state index in [2.05, 4.69) is 20.6 Å². The van der Waals surface area contributed by atoms with Crippen molar-refractivity contribution in [2.45, 2.75) is 78.9 Å². The van der Waals surface area contributed by atoms with Crippen molar-refractivity contribution >= 4 is 23.2 Å². The number of halogens is 1. The lowest BCUT2D eigenvalue weighted by Crippen LogP contribution is -2.59. The first-order valence-electron chi connectivity index (χ1n) is 10.5. The molecule has 0 fully saturated rings. The summed E-state index contributed by atoms with van der Waals surface area (Å²) < 4.78 is 7.87. The topological polar surface area (TPSA) is 84.3 Å². The number of aromatic amines is 1. The third-order valence-electron chi connectivity index (χ3n) is 6.29. The molecule has 7 nitrogen and oxygen atoms in total. The molecule has 168 valence electrons. The minimum absolute atomic E-state index is 0.165. The summed E-state index contributed by atoms with van der Waals surface area (Å²) in [5, 5.41) is 15.5. The fourth-order valence-corrected chi connectivity index (χ4v) is 3.72. The molecule has 31 heavy (non-hydrogen) atoms. The maximum Gasteiger partial charge on any atom is 0.261 e. The number of aromatic nitrogens is 4. The zero-order chi connectivity index (χ0) is 23.1. The molecule has 1 unspecified atom stereocenters. The summed E-state index contributed by atoms with van der Waals surface area (Å²) >= 11 is 6.32. The molecule has 0 aliphatic heterocycles. The van der Waals surface area contributed by atoms with E-state index in [-0.39, 0.29) is 5.91 Å². The van der Waals surface area contributed by atoms with Crippen LogP contribution in [-0.4, -0.2) is 37.4 Å². The fourth-order valence-electron chi connectivity index (χ4n) is 3.55. The van der Waals surface area contributed by atoms with Crippen molar-refractivity contribution in [1.29, 1.82) is 0 Å². The van der Waals surface area contributed by atoms with Crippen molar-refractivity contribution in [2.24, 2.45) is 0 Å². The Morgan fingerprint density at radius 3 is 2.52 bits per heavy atom. The Hall–Kier alpha value is -2.54. The normalized spacial score (nSPS) is 13.5. The number of nitrogens with one attached hydrogen (secondary N) is 2. The second-order valence-corrected chi connectivity index (χ2v) is 9.63. The summed E-state index contributed by atoms with van der Waals surface area (Å²) in [5.41, 5.74) is 2.34. The Kier molecular flexibility index (Phi) is 6.11. The van der Waals surface area contributed by atoms with E-state index in [0.717, 1.165) is 22.6 Å². The minimum atomic E-state index is -0.655. The Morgan fingerprint density at radius 1 is 1.23 bits per heavy atom. The van der Waals surface area contributed by atoms with Crippen molar-refractivity contribution in [2.75, 3.05) is 0 Å². The number of nitrogens with zero attached hydrogens (tertiary/aromatic N) is 3. The number of aryl methyl sites for hydroxylation is 3. The van der Waals surface area contributed by atoms with Crippen LogP contribution >= 0.6 is 11.6 Å². The lowest BCUT2D eigenvalue weighted by molar-refractivity contribution is -0.130. The van der Waals surface area contributed by atoms with Gasteiger partial charge in [-0.2, -0.15) is 0 Å². The van der Waals surface area contributed by atoms with Gasteiger partial charge in [0.15, 0.2) is 17.6 Å². The largest absolute Gasteiger partial charge is 0.480 e. The van der Waals surface area contributed by atoms with Gasteiger partial charge in [-0.15, -0.1) is 10.2 Å². The Morgan fingerprint density at radius 2 is 1.90 bits per heavy atom. The second kappa shape index (κ2) is 8.19. The van der Waals surface area contributed by atoms with Crippen LogP contribution in [0.4, 0.5) is 0 Å². The first-order valence-corrected chi connectivity index (χ1v) is 10.9. The highest BCUT2D eigenvalue weighted by Gasteiger charge is 2.44. The van der Waals surface area contributed by atoms with Crippen LogP contribution in [-0.2, 0) is 10.2 Å². The standard InChI is InChI=1S/C23H32ClN5O2/c1-9-16(31-17-11-10-13(2)12-14(17)3)20(30)25-23(7,8)22(5,6)21-27-26-19-18(24)15(4)28-29(19)21/h10-12,16,28H,9H2,1-8H3,(H,25,30). The van der Waals surface area contributed by atoms with Gasteiger partial charge in [-0.05, 0) is 52.7 Å². The number of carbonyl (C=O) groups excluding carboxylic acids is 1. The predicted molar refractivity (Wildman–Crippen MR) is 123 cm³/mol. The van der Waals surface area contributed by atoms with Crippen molar-refractivity contribution in [3.05, 3.63) is 45.9 Å². The molecule has 0 radical (unpaired) electrons. The van der Waals surface area contributed by atoms with Crippen LogP contribution in [0.3, 0.4) is 0 Å². The number of amides is 1. The number of rotatable bonds is 7. The maximum absolute atomic E-state index is 13.2. The number of hydrogen-bond acceptors (Lipinski definition) is 4. The van der Waals surface area contributed by atoms with Crippen LogP contribution in [0, 0.1) is 20.8 Å². The average Bonchev–Trinajstić information content (AvgIpc) is 3.21. The van der Waals surface area contributed by atoms with E-state index in [1.807, 2.05) is 73.6 Å². The first-order chi connectivity index (χ1) is 14.4. The molecular formula is C23H32ClN5O2. The van der Waals surface area contributed by atoms with Crippen LogP contribution in [0.1, 0.15) is 63.7 Å². The van der Waals surface area contributed by atoms with Crippen molar-refractivity contribution in [1.82, 2.24) is 25.1 Å². The SMILES string of the molecule is CCC(Oc1ccc(C)cc1C)C(=O)NC(C)(C)C(C)(C)c1nnc2c(Cl)c(C)[nH]n12. The molecule has 0 saturated heterocycles. The number of ether oxygens (including phenoxy) is 1. The molecule has 1 aromatic carbocycles. The lowest BCUT2D eigenvalue weighted by atomic mass is 9.73. The van der Waals surface area contributed by atoms with E-state index in [9.17, 15) is 4.79 Å². The molecule has 1 atom stereocenters. The molecule has 0 aliphatic carbocycles. The first kappa shape index (κ1) is 23.1. The Balaban J connectivity index is 1.84. The summed E-state index contributed by atoms with van der Waals surface area (Å²) in [7, 11) is 0. The van der Waals surface area contributed by atoms with Gasteiger partial charge in [0, 0.05) is 11.0 Å². The fraction of sp³-hybridized carbons (Fsp3) is 0.522. The molecule has 0 saturated carbocycles. The van der Waals surface area contributed by atoms with Crippen LogP contribution in [0.25, 0.3) is 5.65 Å². The number of carbonyl (C=O) groups is 1. The van der Waals surface area contributed by atoms with Gasteiger partial charge < -0.3 is 10.1 Å². The molecule has 0 bridgehead atoms. The number of hydrogen-bond donors (Lipinski definition) is 2. The highest BCUT2D eigenvalue weighted by molar-refractivity contribution is 6.34. The smallest absolute Gasteiger partial charge is 0.261 e. The van der Waals surface area contributed by atoms with Crippen LogP contribution in [0.15, 0.2) is 18.2 Å². The molecule has 3 rings (SSSR count). The van der Waals surface area contributed by atoms with Gasteiger partial charge in [0.2, 0.25) is 0 Å². The highest BCUT2D eigenvalue weighted by Crippen LogP contribution is 2.35. The molecule has 2 heterocycles. The summed E-state index contributed by atoms with van der Waals surface area (Å²) in [4.78, 5) is 13.2. The van der Waals surface area contributed by atoms with E-state index in [1.165, 1.54) is 0 Å². The zero-order valence-corrected chi connectivity index (χ0v) is 20.3. The summed E-state index contributed by atoms with van der Waals surface area (Å²) in [5.74, 6) is 1.24. The number of benzene rings is 1. The summed E-state index contributed by atoms with van der Waals surface area (Å²) in [6.07, 6.45) is -0.0481. The summed E-state index contributed by atoms with van der Waals surface area (Å²) in [6.45, 7) is 15.9. The van der Waals surface area contributed by atoms with Gasteiger partial charge in [-0.25, -0.2) is 4.52 Å². The molecule has 2 aromatic heterocycles. The van der Waals surface area contributed by atoms with E-state index in [0.29, 0.717) is 22.9 Å². The van der Waals surface area contributed by atoms with Gasteiger partial charge in [0.05, 0.1) is 5.69 Å². The lowest BCUT2D eigenvalue weighted by Gasteiger charge is -2.41. The van der Waals surface area contributed by atoms with Gasteiger partial charge in [0.25, 0.3) is 5.91 Å². The Bertz CT molecular complexity index is 1110. The Labute approximate surface area is 188 Å². The average molecular weight is 446 g/mol. The second-order valence-electron chi connectivity index (χ2n) is 9.26. The molecule has 8 heteroatoms. The minimum Gasteiger partial charge on any atom is -0.480 e. The maximum atomic E-state index is 13.2. The molecule has 3 aromatic rings. The molecular weight excluding hydrogens is 414 g/mol. The molecule has 1 amide bonds. The van der Waals surface area contributed by atoms with Crippen LogP contribution in [0.2, 0.25) is 5.02 Å². The molecule has 0 spiro atoms. The van der Waals surface area contributed by atoms with Gasteiger partial charge >= 0.3 is 0 Å². The van der Waals surface area contributed by atoms with E-state index in [1.54, 1.807) is 4.52 Å². The van der Waals surface area contributed by atoms with E-state index in [4.69, 9.17) is 16.3 Å². The van der Waals surface area contributed by atoms with Crippen LogP contribution < -0.4 is 10.1 Å². The zero-order valence-electron chi connectivity index (χ0n) is 19.6. The number of H-pyrrole nitrogens is 1. The van der Waals surface area contributed by atoms with Gasteiger partial charge in [0.1, 0.15) is 10.8 Å².